The summed E-state index contributed by atoms with van der Waals surface area (Å²) >= 11 is 6.14. The topological polar surface area (TPSA) is 56.1 Å². The molecule has 1 aliphatic heterocycles. The van der Waals surface area contributed by atoms with Crippen LogP contribution >= 0.6 is 11.6 Å². The van der Waals surface area contributed by atoms with Crippen LogP contribution in [0, 0.1) is 6.92 Å². The Kier molecular flexibility index (Phi) is 3.63. The molecule has 1 fully saturated rings. The van der Waals surface area contributed by atoms with Gasteiger partial charge in [-0.15, -0.1) is 0 Å². The molecule has 0 saturated carbocycles. The zero-order chi connectivity index (χ0) is 15.8. The fourth-order valence-electron chi connectivity index (χ4n) is 2.85. The summed E-state index contributed by atoms with van der Waals surface area (Å²) in [5.74, 6) is 0.907. The Morgan fingerprint density at radius 3 is 2.83 bits per heavy atom. The maximum Gasteiger partial charge on any atom is 0.168 e. The number of aromatic nitrogens is 4. The second-order valence-corrected chi connectivity index (χ2v) is 5.96. The smallest absolute Gasteiger partial charge is 0.168 e. The van der Waals surface area contributed by atoms with E-state index in [0.29, 0.717) is 18.2 Å². The zero-order valence-corrected chi connectivity index (χ0v) is 13.5. The van der Waals surface area contributed by atoms with E-state index in [0.717, 1.165) is 41.2 Å². The molecular formula is C16H16ClN5O. The molecule has 3 heterocycles. The summed E-state index contributed by atoms with van der Waals surface area (Å²) in [4.78, 5) is 11.1. The molecule has 0 bridgehead atoms. The molecule has 0 spiro atoms. The SMILES string of the molecule is Cc1ccc(Cl)cc1-n1ncc2c(N3CCOCC3)ncnc21. The molecule has 3 aromatic rings. The van der Waals surface area contributed by atoms with Crippen LogP contribution in [-0.2, 0) is 4.74 Å². The summed E-state index contributed by atoms with van der Waals surface area (Å²) < 4.78 is 7.24. The summed E-state index contributed by atoms with van der Waals surface area (Å²) in [7, 11) is 0. The van der Waals surface area contributed by atoms with Crippen molar-refractivity contribution in [3.63, 3.8) is 0 Å². The number of nitrogens with zero attached hydrogens (tertiary/aromatic N) is 5. The Bertz CT molecular complexity index is 857. The number of ether oxygens (including phenoxy) is 1. The van der Waals surface area contributed by atoms with Crippen LogP contribution in [0.4, 0.5) is 5.82 Å². The minimum absolute atomic E-state index is 0.678. The second kappa shape index (κ2) is 5.79. The summed E-state index contributed by atoms with van der Waals surface area (Å²) in [6, 6.07) is 5.76. The van der Waals surface area contributed by atoms with Crippen molar-refractivity contribution in [3.05, 3.63) is 41.3 Å². The van der Waals surface area contributed by atoms with Crippen molar-refractivity contribution in [2.45, 2.75) is 6.92 Å². The monoisotopic (exact) mass is 329 g/mol. The fraction of sp³-hybridized carbons (Fsp3) is 0.312. The van der Waals surface area contributed by atoms with Crippen LogP contribution < -0.4 is 4.90 Å². The highest BCUT2D eigenvalue weighted by molar-refractivity contribution is 6.30. The molecule has 0 radical (unpaired) electrons. The van der Waals surface area contributed by atoms with Crippen LogP contribution in [0.1, 0.15) is 5.56 Å². The Balaban J connectivity index is 1.85. The van der Waals surface area contributed by atoms with Crippen molar-refractivity contribution < 1.29 is 4.74 Å². The lowest BCUT2D eigenvalue weighted by Crippen LogP contribution is -2.36. The molecule has 2 aromatic heterocycles. The number of hydrogen-bond acceptors (Lipinski definition) is 5. The van der Waals surface area contributed by atoms with E-state index in [1.807, 2.05) is 36.0 Å². The molecule has 0 unspecified atom stereocenters. The normalized spacial score (nSPS) is 15.3. The first kappa shape index (κ1) is 14.4. The van der Waals surface area contributed by atoms with Crippen molar-refractivity contribution in [1.29, 1.82) is 0 Å². The molecule has 1 saturated heterocycles. The maximum absolute atomic E-state index is 6.14. The van der Waals surface area contributed by atoms with Gasteiger partial charge in [0, 0.05) is 18.1 Å². The molecule has 7 heteroatoms. The van der Waals surface area contributed by atoms with Gasteiger partial charge in [0.25, 0.3) is 0 Å². The fourth-order valence-corrected chi connectivity index (χ4v) is 3.01. The van der Waals surface area contributed by atoms with Crippen molar-refractivity contribution in [2.24, 2.45) is 0 Å². The number of fused-ring (bicyclic) bond motifs is 1. The van der Waals surface area contributed by atoms with Crippen LogP contribution in [0.2, 0.25) is 5.02 Å². The van der Waals surface area contributed by atoms with E-state index >= 15 is 0 Å². The molecule has 23 heavy (non-hydrogen) atoms. The lowest BCUT2D eigenvalue weighted by atomic mass is 10.2. The highest BCUT2D eigenvalue weighted by atomic mass is 35.5. The van der Waals surface area contributed by atoms with Gasteiger partial charge < -0.3 is 9.64 Å². The number of hydrogen-bond donors (Lipinski definition) is 0. The third kappa shape index (κ3) is 2.54. The van der Waals surface area contributed by atoms with E-state index < -0.39 is 0 Å². The number of halogens is 1. The largest absolute Gasteiger partial charge is 0.378 e. The van der Waals surface area contributed by atoms with Gasteiger partial charge in [0.1, 0.15) is 12.1 Å². The lowest BCUT2D eigenvalue weighted by molar-refractivity contribution is 0.122. The van der Waals surface area contributed by atoms with E-state index in [2.05, 4.69) is 20.0 Å². The van der Waals surface area contributed by atoms with E-state index in [-0.39, 0.29) is 0 Å². The molecular weight excluding hydrogens is 314 g/mol. The van der Waals surface area contributed by atoms with Gasteiger partial charge in [-0.2, -0.15) is 5.10 Å². The van der Waals surface area contributed by atoms with Gasteiger partial charge in [0.2, 0.25) is 0 Å². The van der Waals surface area contributed by atoms with Gasteiger partial charge in [-0.1, -0.05) is 17.7 Å². The second-order valence-electron chi connectivity index (χ2n) is 5.52. The number of benzene rings is 1. The minimum atomic E-state index is 0.678. The summed E-state index contributed by atoms with van der Waals surface area (Å²) in [5.41, 5.74) is 2.80. The number of morpholine rings is 1. The van der Waals surface area contributed by atoms with Gasteiger partial charge in [-0.05, 0) is 24.6 Å². The average molecular weight is 330 g/mol. The molecule has 0 atom stereocenters. The first-order valence-corrected chi connectivity index (χ1v) is 7.90. The highest BCUT2D eigenvalue weighted by Gasteiger charge is 2.18. The zero-order valence-electron chi connectivity index (χ0n) is 12.7. The minimum Gasteiger partial charge on any atom is -0.378 e. The van der Waals surface area contributed by atoms with Crippen molar-refractivity contribution in [1.82, 2.24) is 19.7 Å². The van der Waals surface area contributed by atoms with E-state index in [1.165, 1.54) is 0 Å². The lowest BCUT2D eigenvalue weighted by Gasteiger charge is -2.27. The highest BCUT2D eigenvalue weighted by Crippen LogP contribution is 2.27. The molecule has 1 aliphatic rings. The van der Waals surface area contributed by atoms with Crippen molar-refractivity contribution in [3.8, 4) is 5.69 Å². The van der Waals surface area contributed by atoms with Gasteiger partial charge in [-0.3, -0.25) is 0 Å². The molecule has 0 amide bonds. The molecule has 118 valence electrons. The summed E-state index contributed by atoms with van der Waals surface area (Å²) in [6.07, 6.45) is 3.41. The summed E-state index contributed by atoms with van der Waals surface area (Å²) in [6.45, 7) is 5.12. The molecule has 0 N–H and O–H groups in total. The Hall–Kier alpha value is -2.18. The number of aryl methyl sites for hydroxylation is 1. The Morgan fingerprint density at radius 2 is 2.00 bits per heavy atom. The van der Waals surface area contributed by atoms with Crippen molar-refractivity contribution in [2.75, 3.05) is 31.2 Å². The molecule has 6 nitrogen and oxygen atoms in total. The van der Waals surface area contributed by atoms with E-state index in [4.69, 9.17) is 16.3 Å². The van der Waals surface area contributed by atoms with Crippen LogP contribution in [0.15, 0.2) is 30.7 Å². The third-order valence-corrected chi connectivity index (χ3v) is 4.29. The van der Waals surface area contributed by atoms with Crippen LogP contribution in [-0.4, -0.2) is 46.1 Å². The van der Waals surface area contributed by atoms with E-state index in [1.54, 1.807) is 6.33 Å². The first-order valence-electron chi connectivity index (χ1n) is 7.52. The van der Waals surface area contributed by atoms with Crippen LogP contribution in [0.25, 0.3) is 16.7 Å². The third-order valence-electron chi connectivity index (χ3n) is 4.05. The molecule has 4 rings (SSSR count). The maximum atomic E-state index is 6.14. The van der Waals surface area contributed by atoms with Gasteiger partial charge >= 0.3 is 0 Å². The number of anilines is 1. The molecule has 1 aromatic carbocycles. The van der Waals surface area contributed by atoms with Gasteiger partial charge in [0.05, 0.1) is 30.5 Å². The Morgan fingerprint density at radius 1 is 1.17 bits per heavy atom. The van der Waals surface area contributed by atoms with Crippen LogP contribution in [0.5, 0.6) is 0 Å². The standard InChI is InChI=1S/C16H16ClN5O/c1-11-2-3-12(17)8-14(11)22-16-13(9-20-22)15(18-10-19-16)21-4-6-23-7-5-21/h2-3,8-10H,4-7H2,1H3. The predicted molar refractivity (Wildman–Crippen MR) is 89.4 cm³/mol. The van der Waals surface area contributed by atoms with Gasteiger partial charge in [-0.25, -0.2) is 14.6 Å². The Labute approximate surface area is 138 Å². The first-order chi connectivity index (χ1) is 11.2. The van der Waals surface area contributed by atoms with Crippen LogP contribution in [0.3, 0.4) is 0 Å². The van der Waals surface area contributed by atoms with Gasteiger partial charge in [0.15, 0.2) is 5.65 Å². The van der Waals surface area contributed by atoms with E-state index in [9.17, 15) is 0 Å². The quantitative estimate of drug-likeness (QED) is 0.723. The average Bonchev–Trinajstić information content (AvgIpc) is 3.02. The number of rotatable bonds is 2. The predicted octanol–water partition coefficient (Wildman–Crippen LogP) is 2.61. The van der Waals surface area contributed by atoms with Crippen molar-refractivity contribution >= 4 is 28.5 Å². The molecule has 0 aliphatic carbocycles. The summed E-state index contributed by atoms with van der Waals surface area (Å²) in [5, 5.41) is 6.14.